The van der Waals surface area contributed by atoms with Crippen LogP contribution in [0.3, 0.4) is 0 Å². The predicted octanol–water partition coefficient (Wildman–Crippen LogP) is 5.84. The Hall–Kier alpha value is -5.04. The molecule has 5 rings (SSSR count). The first-order chi connectivity index (χ1) is 17.2. The van der Waals surface area contributed by atoms with E-state index in [0.29, 0.717) is 45.5 Å². The van der Waals surface area contributed by atoms with E-state index in [1.165, 1.54) is 0 Å². The van der Waals surface area contributed by atoms with Crippen molar-refractivity contribution in [1.82, 2.24) is 10.2 Å². The summed E-state index contributed by atoms with van der Waals surface area (Å²) in [7, 11) is 0. The summed E-state index contributed by atoms with van der Waals surface area (Å²) in [5.74, 6) is 0.635. The molecule has 4 aromatic carbocycles. The van der Waals surface area contributed by atoms with Crippen LogP contribution in [0.25, 0.3) is 22.9 Å². The van der Waals surface area contributed by atoms with Crippen LogP contribution in [0.2, 0.25) is 0 Å². The summed E-state index contributed by atoms with van der Waals surface area (Å²) in [5.41, 5.74) is 2.11. The Morgan fingerprint density at radius 1 is 0.514 bits per heavy atom. The maximum absolute atomic E-state index is 12.3. The molecular formula is C28H18N2O5. The number of benzene rings is 4. The molecule has 0 aliphatic rings. The first-order valence-electron chi connectivity index (χ1n) is 10.7. The van der Waals surface area contributed by atoms with Crippen molar-refractivity contribution >= 4 is 11.9 Å². The van der Waals surface area contributed by atoms with E-state index in [2.05, 4.69) is 10.2 Å². The number of para-hydroxylation sites is 2. The molecule has 0 aliphatic heterocycles. The zero-order chi connectivity index (χ0) is 24.0. The molecule has 0 saturated carbocycles. The van der Waals surface area contributed by atoms with Gasteiger partial charge in [-0.15, -0.1) is 10.2 Å². The topological polar surface area (TPSA) is 91.5 Å². The number of hydrogen-bond donors (Lipinski definition) is 0. The lowest BCUT2D eigenvalue weighted by atomic mass is 10.1. The summed E-state index contributed by atoms with van der Waals surface area (Å²) in [5, 5.41) is 8.19. The van der Waals surface area contributed by atoms with Gasteiger partial charge >= 0.3 is 11.9 Å². The number of ether oxygens (including phenoxy) is 2. The van der Waals surface area contributed by atoms with Crippen LogP contribution in [0.15, 0.2) is 114 Å². The van der Waals surface area contributed by atoms with Gasteiger partial charge in [0.05, 0.1) is 11.1 Å². The highest BCUT2D eigenvalue weighted by molar-refractivity contribution is 5.92. The summed E-state index contributed by atoms with van der Waals surface area (Å²) in [6.07, 6.45) is 0. The molecule has 0 aliphatic carbocycles. The molecule has 7 nitrogen and oxygen atoms in total. The summed E-state index contributed by atoms with van der Waals surface area (Å²) in [4.78, 5) is 24.6. The first-order valence-corrected chi connectivity index (χ1v) is 10.7. The highest BCUT2D eigenvalue weighted by Gasteiger charge is 2.14. The van der Waals surface area contributed by atoms with Crippen LogP contribution in [0, 0.1) is 0 Å². The van der Waals surface area contributed by atoms with E-state index in [0.717, 1.165) is 0 Å². The number of rotatable bonds is 6. The van der Waals surface area contributed by atoms with Crippen LogP contribution < -0.4 is 9.47 Å². The maximum atomic E-state index is 12.3. The Balaban J connectivity index is 1.25. The molecule has 0 saturated heterocycles. The van der Waals surface area contributed by atoms with Gasteiger partial charge in [0.1, 0.15) is 11.5 Å². The molecule has 0 atom stereocenters. The largest absolute Gasteiger partial charge is 0.423 e. The lowest BCUT2D eigenvalue weighted by Crippen LogP contribution is -2.08. The summed E-state index contributed by atoms with van der Waals surface area (Å²) in [6, 6.07) is 31.1. The average molecular weight is 462 g/mol. The van der Waals surface area contributed by atoms with Crippen molar-refractivity contribution in [2.24, 2.45) is 0 Å². The van der Waals surface area contributed by atoms with Gasteiger partial charge in [-0.1, -0.05) is 36.4 Å². The lowest BCUT2D eigenvalue weighted by Gasteiger charge is -2.04. The van der Waals surface area contributed by atoms with Gasteiger partial charge in [0, 0.05) is 11.1 Å². The van der Waals surface area contributed by atoms with E-state index < -0.39 is 11.9 Å². The molecule has 0 fully saturated rings. The minimum atomic E-state index is -0.458. The number of aromatic nitrogens is 2. The smallest absolute Gasteiger partial charge is 0.343 e. The van der Waals surface area contributed by atoms with E-state index in [1.54, 1.807) is 97.1 Å². The second kappa shape index (κ2) is 9.84. The van der Waals surface area contributed by atoms with Crippen molar-refractivity contribution in [3.05, 3.63) is 120 Å². The molecule has 35 heavy (non-hydrogen) atoms. The van der Waals surface area contributed by atoms with Gasteiger partial charge in [-0.25, -0.2) is 9.59 Å². The molecule has 0 amide bonds. The van der Waals surface area contributed by atoms with Crippen molar-refractivity contribution in [3.8, 4) is 34.4 Å². The van der Waals surface area contributed by atoms with Crippen LogP contribution in [0.4, 0.5) is 0 Å². The third-order valence-corrected chi connectivity index (χ3v) is 5.07. The fourth-order valence-corrected chi connectivity index (χ4v) is 3.26. The van der Waals surface area contributed by atoms with E-state index in [9.17, 15) is 9.59 Å². The molecule has 0 bridgehead atoms. The monoisotopic (exact) mass is 462 g/mol. The molecule has 1 aromatic heterocycles. The molecule has 0 unspecified atom stereocenters. The minimum Gasteiger partial charge on any atom is -0.423 e. The van der Waals surface area contributed by atoms with Crippen molar-refractivity contribution in [2.75, 3.05) is 0 Å². The zero-order valence-corrected chi connectivity index (χ0v) is 18.3. The van der Waals surface area contributed by atoms with Gasteiger partial charge in [0.2, 0.25) is 11.8 Å². The van der Waals surface area contributed by atoms with Gasteiger partial charge in [-0.2, -0.15) is 0 Å². The number of nitrogens with zero attached hydrogens (tertiary/aromatic N) is 2. The molecule has 0 spiro atoms. The maximum Gasteiger partial charge on any atom is 0.343 e. The lowest BCUT2D eigenvalue weighted by molar-refractivity contribution is 0.0725. The quantitative estimate of drug-likeness (QED) is 0.231. The summed E-state index contributed by atoms with van der Waals surface area (Å²) >= 11 is 0. The number of esters is 2. The SMILES string of the molecule is O=C(Oc1ccccc1)c1ccc(-c2nnc(-c3ccc(C(=O)Oc4ccccc4)cc3)o2)cc1. The van der Waals surface area contributed by atoms with Crippen LogP contribution in [-0.2, 0) is 0 Å². The Morgan fingerprint density at radius 2 is 0.886 bits per heavy atom. The third-order valence-electron chi connectivity index (χ3n) is 5.07. The Bertz CT molecular complexity index is 1330. The van der Waals surface area contributed by atoms with Crippen molar-refractivity contribution < 1.29 is 23.5 Å². The van der Waals surface area contributed by atoms with Crippen molar-refractivity contribution in [3.63, 3.8) is 0 Å². The van der Waals surface area contributed by atoms with Crippen molar-refractivity contribution in [2.45, 2.75) is 0 Å². The summed E-state index contributed by atoms with van der Waals surface area (Å²) < 4.78 is 16.5. The molecule has 7 heteroatoms. The van der Waals surface area contributed by atoms with Crippen molar-refractivity contribution in [1.29, 1.82) is 0 Å². The fraction of sp³-hybridized carbons (Fsp3) is 0. The Kier molecular flexibility index (Phi) is 6.13. The first kappa shape index (κ1) is 21.8. The van der Waals surface area contributed by atoms with E-state index in [-0.39, 0.29) is 0 Å². The molecule has 5 aromatic rings. The standard InChI is InChI=1S/C28H18N2O5/c31-27(33-23-7-3-1-4-8-23)21-15-11-19(12-16-21)25-29-30-26(35-25)20-13-17-22(18-14-20)28(32)34-24-9-5-2-6-10-24/h1-18H. The van der Waals surface area contributed by atoms with Crippen LogP contribution >= 0.6 is 0 Å². The normalized spacial score (nSPS) is 10.5. The van der Waals surface area contributed by atoms with E-state index in [4.69, 9.17) is 13.9 Å². The van der Waals surface area contributed by atoms with E-state index >= 15 is 0 Å². The van der Waals surface area contributed by atoms with Crippen LogP contribution in [0.5, 0.6) is 11.5 Å². The second-order valence-electron chi connectivity index (χ2n) is 7.47. The van der Waals surface area contributed by atoms with Gasteiger partial charge in [-0.3, -0.25) is 0 Å². The zero-order valence-electron chi connectivity index (χ0n) is 18.3. The number of carbonyl (C=O) groups is 2. The molecule has 1 heterocycles. The van der Waals surface area contributed by atoms with E-state index in [1.807, 2.05) is 12.1 Å². The number of carbonyl (C=O) groups excluding carboxylic acids is 2. The van der Waals surface area contributed by atoms with Crippen LogP contribution in [0.1, 0.15) is 20.7 Å². The highest BCUT2D eigenvalue weighted by Crippen LogP contribution is 2.25. The highest BCUT2D eigenvalue weighted by atomic mass is 16.5. The molecule has 170 valence electrons. The van der Waals surface area contributed by atoms with Gasteiger partial charge in [0.15, 0.2) is 0 Å². The second-order valence-corrected chi connectivity index (χ2v) is 7.47. The molecule has 0 N–H and O–H groups in total. The summed E-state index contributed by atoms with van der Waals surface area (Å²) in [6.45, 7) is 0. The Morgan fingerprint density at radius 3 is 1.26 bits per heavy atom. The Labute approximate surface area is 200 Å². The molecule has 0 radical (unpaired) electrons. The minimum absolute atomic E-state index is 0.301. The van der Waals surface area contributed by atoms with Gasteiger partial charge in [-0.05, 0) is 72.8 Å². The fourth-order valence-electron chi connectivity index (χ4n) is 3.26. The van der Waals surface area contributed by atoms with Gasteiger partial charge < -0.3 is 13.9 Å². The average Bonchev–Trinajstić information content (AvgIpc) is 3.40. The third kappa shape index (κ3) is 5.15. The number of hydrogen-bond acceptors (Lipinski definition) is 7. The molecular weight excluding hydrogens is 444 g/mol. The van der Waals surface area contributed by atoms with Crippen LogP contribution in [-0.4, -0.2) is 22.1 Å². The van der Waals surface area contributed by atoms with Gasteiger partial charge in [0.25, 0.3) is 0 Å². The predicted molar refractivity (Wildman–Crippen MR) is 128 cm³/mol.